The van der Waals surface area contributed by atoms with Gasteiger partial charge in [0.2, 0.25) is 5.91 Å². The summed E-state index contributed by atoms with van der Waals surface area (Å²) < 4.78 is 12.9. The van der Waals surface area contributed by atoms with Gasteiger partial charge in [-0.1, -0.05) is 30.3 Å². The number of hydrogen-bond donors (Lipinski definition) is 3. The van der Waals surface area contributed by atoms with Crippen molar-refractivity contribution in [3.63, 3.8) is 0 Å². The molecule has 2 unspecified atom stereocenters. The number of aliphatic imine (C=N–C) groups is 1. The monoisotopic (exact) mass is 525 g/mol. The second-order valence-electron chi connectivity index (χ2n) is 7.32. The Balaban J connectivity index is 0.00000320. The third kappa shape index (κ3) is 7.24. The Bertz CT molecular complexity index is 831. The Morgan fingerprint density at radius 2 is 1.87 bits per heavy atom. The molecule has 0 radical (unpaired) electrons. The number of likely N-dealkylation sites (tertiary alicyclic amines) is 1. The summed E-state index contributed by atoms with van der Waals surface area (Å²) in [5.41, 5.74) is 1.86. The van der Waals surface area contributed by atoms with Crippen LogP contribution >= 0.6 is 24.0 Å². The van der Waals surface area contributed by atoms with Gasteiger partial charge >= 0.3 is 0 Å². The lowest BCUT2D eigenvalue weighted by Crippen LogP contribution is -2.46. The molecule has 3 rings (SSSR count). The second-order valence-corrected chi connectivity index (χ2v) is 7.32. The fourth-order valence-corrected chi connectivity index (χ4v) is 3.53. The van der Waals surface area contributed by atoms with Crippen LogP contribution in [-0.4, -0.2) is 49.0 Å². The van der Waals surface area contributed by atoms with Crippen LogP contribution in [0.2, 0.25) is 0 Å². The Morgan fingerprint density at radius 1 is 1.17 bits per heavy atom. The van der Waals surface area contributed by atoms with Crippen molar-refractivity contribution in [2.24, 2.45) is 4.99 Å². The van der Waals surface area contributed by atoms with E-state index in [1.807, 2.05) is 6.07 Å². The Morgan fingerprint density at radius 3 is 2.53 bits per heavy atom. The maximum Gasteiger partial charge on any atom is 0.243 e. The zero-order chi connectivity index (χ0) is 20.6. The van der Waals surface area contributed by atoms with E-state index in [2.05, 4.69) is 57.0 Å². The molecule has 2 atom stereocenters. The second kappa shape index (κ2) is 11.8. The van der Waals surface area contributed by atoms with Gasteiger partial charge in [0.05, 0.1) is 6.54 Å². The number of benzene rings is 2. The van der Waals surface area contributed by atoms with E-state index < -0.39 is 0 Å². The Hall–Kier alpha value is -2.20. The summed E-state index contributed by atoms with van der Waals surface area (Å²) in [4.78, 5) is 18.8. The summed E-state index contributed by atoms with van der Waals surface area (Å²) in [5.74, 6) is 0.0425. The molecule has 3 N–H and O–H groups in total. The predicted molar refractivity (Wildman–Crippen MR) is 130 cm³/mol. The molecule has 162 valence electrons. The zero-order valence-corrected chi connectivity index (χ0v) is 19.6. The van der Waals surface area contributed by atoms with E-state index in [0.29, 0.717) is 17.7 Å². The number of carbonyl (C=O) groups excluding carboxylic acids is 1. The van der Waals surface area contributed by atoms with Gasteiger partial charge in [-0.15, -0.1) is 24.0 Å². The number of rotatable bonds is 6. The normalized spacial score (nSPS) is 19.1. The van der Waals surface area contributed by atoms with Crippen molar-refractivity contribution in [1.29, 1.82) is 0 Å². The average Bonchev–Trinajstić information content (AvgIpc) is 3.06. The molecule has 0 aromatic heterocycles. The highest BCUT2D eigenvalue weighted by molar-refractivity contribution is 14.0. The van der Waals surface area contributed by atoms with Gasteiger partial charge < -0.3 is 16.0 Å². The van der Waals surface area contributed by atoms with Crippen LogP contribution in [-0.2, 0) is 11.3 Å². The van der Waals surface area contributed by atoms with Crippen LogP contribution < -0.4 is 16.0 Å². The Kier molecular flexibility index (Phi) is 9.51. The first-order valence-electron chi connectivity index (χ1n) is 9.84. The zero-order valence-electron chi connectivity index (χ0n) is 17.3. The number of anilines is 1. The number of nitrogens with one attached hydrogen (secondary N) is 3. The lowest BCUT2D eigenvalue weighted by molar-refractivity contribution is -0.115. The van der Waals surface area contributed by atoms with E-state index in [-0.39, 0.29) is 48.3 Å². The van der Waals surface area contributed by atoms with Crippen LogP contribution in [0.3, 0.4) is 0 Å². The van der Waals surface area contributed by atoms with Gasteiger partial charge in [0.15, 0.2) is 5.96 Å². The smallest absolute Gasteiger partial charge is 0.243 e. The molecule has 0 bridgehead atoms. The quantitative estimate of drug-likeness (QED) is 0.308. The fraction of sp³-hybridized carbons (Fsp3) is 0.364. The van der Waals surface area contributed by atoms with Crippen LogP contribution in [0.1, 0.15) is 18.9 Å². The van der Waals surface area contributed by atoms with Crippen molar-refractivity contribution in [3.05, 3.63) is 66.0 Å². The van der Waals surface area contributed by atoms with Gasteiger partial charge in [0.25, 0.3) is 0 Å². The van der Waals surface area contributed by atoms with Crippen LogP contribution in [0, 0.1) is 5.82 Å². The van der Waals surface area contributed by atoms with Crippen LogP contribution in [0.4, 0.5) is 10.1 Å². The van der Waals surface area contributed by atoms with Crippen molar-refractivity contribution >= 4 is 41.5 Å². The summed E-state index contributed by atoms with van der Waals surface area (Å²) in [7, 11) is 1.69. The van der Waals surface area contributed by atoms with Crippen LogP contribution in [0.25, 0.3) is 0 Å². The summed E-state index contributed by atoms with van der Waals surface area (Å²) in [6.07, 6.45) is 1.01. The molecule has 0 saturated carbocycles. The molecule has 1 saturated heterocycles. The molecule has 0 aliphatic carbocycles. The van der Waals surface area contributed by atoms with E-state index in [1.165, 1.54) is 29.8 Å². The number of guanidine groups is 1. The van der Waals surface area contributed by atoms with Crippen molar-refractivity contribution in [1.82, 2.24) is 15.5 Å². The van der Waals surface area contributed by atoms with E-state index >= 15 is 0 Å². The molecule has 1 aliphatic rings. The fourth-order valence-electron chi connectivity index (χ4n) is 3.53. The highest BCUT2D eigenvalue weighted by Crippen LogP contribution is 2.20. The maximum absolute atomic E-state index is 12.9. The van der Waals surface area contributed by atoms with Gasteiger partial charge in [-0.3, -0.25) is 14.7 Å². The minimum Gasteiger partial charge on any atom is -0.352 e. The van der Waals surface area contributed by atoms with Crippen LogP contribution in [0.15, 0.2) is 59.6 Å². The first-order valence-corrected chi connectivity index (χ1v) is 9.84. The lowest BCUT2D eigenvalue weighted by atomic mass is 10.2. The van der Waals surface area contributed by atoms with Gasteiger partial charge in [0.1, 0.15) is 5.82 Å². The molecule has 1 fully saturated rings. The first kappa shape index (κ1) is 24.1. The topological polar surface area (TPSA) is 68.8 Å². The molecule has 1 heterocycles. The van der Waals surface area contributed by atoms with Gasteiger partial charge in [-0.25, -0.2) is 4.39 Å². The molecule has 30 heavy (non-hydrogen) atoms. The number of hydrogen-bond acceptors (Lipinski definition) is 3. The standard InChI is InChI=1S/C22H28FN5O.HI/c1-16-12-20(15-28(16)14-17-6-4-3-5-7-17)27-22(24-2)25-13-21(29)26-19-10-8-18(23)9-11-19;/h3-11,16,20H,12-15H2,1-2H3,(H,26,29)(H2,24,25,27);1H. The minimum absolute atomic E-state index is 0. The minimum atomic E-state index is -0.335. The molecule has 2 aromatic rings. The van der Waals surface area contributed by atoms with E-state index in [4.69, 9.17) is 0 Å². The molecule has 6 nitrogen and oxygen atoms in total. The first-order chi connectivity index (χ1) is 14.0. The van der Waals surface area contributed by atoms with E-state index in [0.717, 1.165) is 19.5 Å². The van der Waals surface area contributed by atoms with Crippen molar-refractivity contribution in [3.8, 4) is 0 Å². The van der Waals surface area contributed by atoms with Crippen molar-refractivity contribution in [2.75, 3.05) is 25.5 Å². The predicted octanol–water partition coefficient (Wildman–Crippen LogP) is 3.21. The summed E-state index contributed by atoms with van der Waals surface area (Å²) >= 11 is 0. The molecule has 8 heteroatoms. The average molecular weight is 525 g/mol. The molecule has 0 spiro atoms. The highest BCUT2D eigenvalue weighted by Gasteiger charge is 2.29. The van der Waals surface area contributed by atoms with Gasteiger partial charge in [-0.2, -0.15) is 0 Å². The number of amides is 1. The SMILES string of the molecule is CN=C(NCC(=O)Nc1ccc(F)cc1)NC1CC(C)N(Cc2ccccc2)C1.I. The summed E-state index contributed by atoms with van der Waals surface area (Å²) in [6.45, 7) is 4.15. The van der Waals surface area contributed by atoms with Crippen LogP contribution in [0.5, 0.6) is 0 Å². The largest absolute Gasteiger partial charge is 0.352 e. The third-order valence-electron chi connectivity index (χ3n) is 5.04. The lowest BCUT2D eigenvalue weighted by Gasteiger charge is -2.21. The highest BCUT2D eigenvalue weighted by atomic mass is 127. The Labute approximate surface area is 194 Å². The number of carbonyl (C=O) groups is 1. The molecule has 1 aliphatic heterocycles. The van der Waals surface area contributed by atoms with E-state index in [9.17, 15) is 9.18 Å². The molecular weight excluding hydrogens is 496 g/mol. The van der Waals surface area contributed by atoms with Gasteiger partial charge in [0, 0.05) is 37.9 Å². The molecule has 2 aromatic carbocycles. The van der Waals surface area contributed by atoms with Crippen molar-refractivity contribution in [2.45, 2.75) is 32.0 Å². The summed E-state index contributed by atoms with van der Waals surface area (Å²) in [6, 6.07) is 16.9. The van der Waals surface area contributed by atoms with E-state index in [1.54, 1.807) is 7.05 Å². The van der Waals surface area contributed by atoms with Crippen molar-refractivity contribution < 1.29 is 9.18 Å². The summed E-state index contributed by atoms with van der Waals surface area (Å²) in [5, 5.41) is 9.17. The number of nitrogens with zero attached hydrogens (tertiary/aromatic N) is 2. The molecule has 1 amide bonds. The van der Waals surface area contributed by atoms with Gasteiger partial charge in [-0.05, 0) is 43.2 Å². The molecular formula is C22H29FIN5O. The maximum atomic E-state index is 12.9. The number of halogens is 2. The third-order valence-corrected chi connectivity index (χ3v) is 5.04.